The predicted octanol–water partition coefficient (Wildman–Crippen LogP) is 2.52. The number of ether oxygens (including phenoxy) is 3. The number of aliphatic hydroxyl groups excluding tert-OH is 1. The van der Waals surface area contributed by atoms with Gasteiger partial charge in [-0.3, -0.25) is 9.59 Å². The van der Waals surface area contributed by atoms with Crippen LogP contribution in [-0.2, 0) is 23.8 Å². The van der Waals surface area contributed by atoms with Crippen molar-refractivity contribution in [1.82, 2.24) is 0 Å². The number of carbonyl (C=O) groups excluding carboxylic acids is 2. The molecule has 148 valence electrons. The van der Waals surface area contributed by atoms with E-state index in [0.717, 1.165) is 19.3 Å². The van der Waals surface area contributed by atoms with E-state index in [1.54, 1.807) is 0 Å². The van der Waals surface area contributed by atoms with Crippen molar-refractivity contribution in [3.8, 4) is 0 Å². The number of carbonyl (C=O) groups is 2. The molecule has 3 aliphatic rings. The molecule has 2 bridgehead atoms. The van der Waals surface area contributed by atoms with E-state index in [1.807, 2.05) is 27.7 Å². The van der Waals surface area contributed by atoms with Crippen LogP contribution in [0.1, 0.15) is 53.9 Å². The second-order valence-electron chi connectivity index (χ2n) is 9.02. The molecule has 8 unspecified atom stereocenters. The summed E-state index contributed by atoms with van der Waals surface area (Å²) in [6.45, 7) is 10.4. The van der Waals surface area contributed by atoms with E-state index in [4.69, 9.17) is 14.2 Å². The van der Waals surface area contributed by atoms with Crippen molar-refractivity contribution < 1.29 is 28.9 Å². The summed E-state index contributed by atoms with van der Waals surface area (Å²) < 4.78 is 16.9. The fraction of sp³-hybridized carbons (Fsp3) is 0.900. The molecule has 1 aliphatic heterocycles. The van der Waals surface area contributed by atoms with Gasteiger partial charge in [-0.2, -0.15) is 0 Å². The molecular formula is C20H32O6. The van der Waals surface area contributed by atoms with Crippen molar-refractivity contribution in [1.29, 1.82) is 0 Å². The van der Waals surface area contributed by atoms with Gasteiger partial charge in [-0.1, -0.05) is 34.1 Å². The summed E-state index contributed by atoms with van der Waals surface area (Å²) in [6.07, 6.45) is 0.538. The van der Waals surface area contributed by atoms with Gasteiger partial charge in [-0.15, -0.1) is 0 Å². The number of aliphatic hydroxyl groups is 1. The number of hydrogen-bond donors (Lipinski definition) is 1. The first-order chi connectivity index (χ1) is 12.2. The Bertz CT molecular complexity index is 553. The van der Waals surface area contributed by atoms with Crippen LogP contribution in [0.25, 0.3) is 0 Å². The van der Waals surface area contributed by atoms with Gasteiger partial charge in [0.15, 0.2) is 6.29 Å². The normalized spacial score (nSPS) is 37.5. The van der Waals surface area contributed by atoms with E-state index in [-0.39, 0.29) is 53.0 Å². The Morgan fingerprint density at radius 2 is 2.00 bits per heavy atom. The van der Waals surface area contributed by atoms with Gasteiger partial charge in [0.25, 0.3) is 0 Å². The van der Waals surface area contributed by atoms with Gasteiger partial charge < -0.3 is 19.3 Å². The van der Waals surface area contributed by atoms with Crippen LogP contribution in [0.15, 0.2) is 0 Å². The minimum absolute atomic E-state index is 0.0182. The predicted molar refractivity (Wildman–Crippen MR) is 93.8 cm³/mol. The SMILES string of the molecule is CCCC(C(=O)OC1C2CC3C1OC(=O)C3C2C(O)OCC)C(C)(C)C. The first-order valence-electron chi connectivity index (χ1n) is 9.91. The highest BCUT2D eigenvalue weighted by Gasteiger charge is 2.69. The first kappa shape index (κ1) is 19.6. The molecular weight excluding hydrogens is 336 g/mol. The lowest BCUT2D eigenvalue weighted by Gasteiger charge is -2.36. The van der Waals surface area contributed by atoms with E-state index in [1.165, 1.54) is 0 Å². The summed E-state index contributed by atoms with van der Waals surface area (Å²) in [7, 11) is 0. The Morgan fingerprint density at radius 1 is 1.31 bits per heavy atom. The third kappa shape index (κ3) is 3.15. The monoisotopic (exact) mass is 368 g/mol. The van der Waals surface area contributed by atoms with Crippen LogP contribution < -0.4 is 0 Å². The average Bonchev–Trinajstić information content (AvgIpc) is 3.15. The Kier molecular flexibility index (Phi) is 5.37. The van der Waals surface area contributed by atoms with Gasteiger partial charge in [-0.25, -0.2) is 0 Å². The molecule has 0 amide bonds. The van der Waals surface area contributed by atoms with E-state index in [2.05, 4.69) is 6.92 Å². The van der Waals surface area contributed by atoms with E-state index in [0.29, 0.717) is 6.61 Å². The van der Waals surface area contributed by atoms with Gasteiger partial charge in [0.05, 0.1) is 11.8 Å². The summed E-state index contributed by atoms with van der Waals surface area (Å²) in [6, 6.07) is 0. The molecule has 2 saturated carbocycles. The lowest BCUT2D eigenvalue weighted by molar-refractivity contribution is -0.182. The maximum atomic E-state index is 12.9. The van der Waals surface area contributed by atoms with Crippen LogP contribution >= 0.6 is 0 Å². The lowest BCUT2D eigenvalue weighted by atomic mass is 9.77. The Balaban J connectivity index is 1.78. The van der Waals surface area contributed by atoms with E-state index in [9.17, 15) is 14.7 Å². The van der Waals surface area contributed by atoms with Crippen LogP contribution in [-0.4, -0.2) is 42.1 Å². The van der Waals surface area contributed by atoms with Crippen LogP contribution in [0.5, 0.6) is 0 Å². The molecule has 26 heavy (non-hydrogen) atoms. The molecule has 0 radical (unpaired) electrons. The molecule has 6 nitrogen and oxygen atoms in total. The number of esters is 2. The Morgan fingerprint density at radius 3 is 2.58 bits per heavy atom. The molecule has 3 fully saturated rings. The summed E-state index contributed by atoms with van der Waals surface area (Å²) in [5, 5.41) is 10.4. The van der Waals surface area contributed by atoms with E-state index >= 15 is 0 Å². The minimum Gasteiger partial charge on any atom is -0.458 e. The lowest BCUT2D eigenvalue weighted by Crippen LogP contribution is -2.46. The third-order valence-electron chi connectivity index (χ3n) is 6.43. The molecule has 0 aromatic carbocycles. The largest absolute Gasteiger partial charge is 0.458 e. The fourth-order valence-corrected chi connectivity index (χ4v) is 5.28. The molecule has 6 heteroatoms. The van der Waals surface area contributed by atoms with Gasteiger partial charge in [-0.05, 0) is 25.2 Å². The maximum Gasteiger partial charge on any atom is 0.310 e. The summed E-state index contributed by atoms with van der Waals surface area (Å²) in [5.41, 5.74) is -0.191. The van der Waals surface area contributed by atoms with Crippen LogP contribution in [0.3, 0.4) is 0 Å². The molecule has 0 spiro atoms. The summed E-state index contributed by atoms with van der Waals surface area (Å²) in [4.78, 5) is 25.2. The van der Waals surface area contributed by atoms with Crippen LogP contribution in [0.4, 0.5) is 0 Å². The quantitative estimate of drug-likeness (QED) is 0.549. The highest BCUT2D eigenvalue weighted by atomic mass is 16.6. The zero-order valence-electron chi connectivity index (χ0n) is 16.4. The second kappa shape index (κ2) is 7.12. The molecule has 0 aromatic rings. The molecule has 2 aliphatic carbocycles. The minimum atomic E-state index is -1.03. The maximum absolute atomic E-state index is 12.9. The van der Waals surface area contributed by atoms with Crippen LogP contribution in [0.2, 0.25) is 0 Å². The zero-order chi connectivity index (χ0) is 19.2. The van der Waals surface area contributed by atoms with Gasteiger partial charge >= 0.3 is 11.9 Å². The smallest absolute Gasteiger partial charge is 0.310 e. The van der Waals surface area contributed by atoms with Crippen molar-refractivity contribution in [2.24, 2.45) is 35.0 Å². The van der Waals surface area contributed by atoms with Gasteiger partial charge in [0.1, 0.15) is 12.2 Å². The number of hydrogen-bond acceptors (Lipinski definition) is 6. The molecule has 1 N–H and O–H groups in total. The summed E-state index contributed by atoms with van der Waals surface area (Å²) >= 11 is 0. The molecule has 8 atom stereocenters. The van der Waals surface area contributed by atoms with Gasteiger partial charge in [0.2, 0.25) is 0 Å². The van der Waals surface area contributed by atoms with Crippen molar-refractivity contribution in [2.75, 3.05) is 6.61 Å². The highest BCUT2D eigenvalue weighted by molar-refractivity contribution is 5.78. The van der Waals surface area contributed by atoms with Crippen molar-refractivity contribution in [2.45, 2.75) is 72.4 Å². The standard InChI is InChI=1S/C20H32O6/c1-6-8-12(20(3,4)5)17(21)25-15-10-9-11-14(19(23)26-16(11)15)13(10)18(22)24-7-2/h10-16,18,22H,6-9H2,1-5H3. The summed E-state index contributed by atoms with van der Waals surface area (Å²) in [5.74, 6) is -1.47. The Hall–Kier alpha value is -1.14. The number of rotatable bonds is 7. The first-order valence-corrected chi connectivity index (χ1v) is 9.91. The third-order valence-corrected chi connectivity index (χ3v) is 6.43. The van der Waals surface area contributed by atoms with Crippen molar-refractivity contribution in [3.05, 3.63) is 0 Å². The zero-order valence-corrected chi connectivity index (χ0v) is 16.4. The molecule has 1 heterocycles. The Labute approximate surface area is 155 Å². The van der Waals surface area contributed by atoms with Crippen LogP contribution in [0, 0.1) is 35.0 Å². The number of fused-ring (bicyclic) bond motifs is 1. The van der Waals surface area contributed by atoms with Crippen molar-refractivity contribution in [3.63, 3.8) is 0 Å². The topological polar surface area (TPSA) is 82.1 Å². The average molecular weight is 368 g/mol. The molecule has 0 aromatic heterocycles. The fourth-order valence-electron chi connectivity index (χ4n) is 5.28. The second-order valence-corrected chi connectivity index (χ2v) is 9.02. The molecule has 3 rings (SSSR count). The van der Waals surface area contributed by atoms with E-state index < -0.39 is 12.4 Å². The van der Waals surface area contributed by atoms with Crippen molar-refractivity contribution >= 4 is 11.9 Å². The highest BCUT2D eigenvalue weighted by Crippen LogP contribution is 2.59. The molecule has 1 saturated heterocycles. The van der Waals surface area contributed by atoms with Gasteiger partial charge in [0, 0.05) is 24.4 Å².